The summed E-state index contributed by atoms with van der Waals surface area (Å²) in [6.07, 6.45) is 0. The number of nitrogens with zero attached hydrogens (tertiary/aromatic N) is 2. The predicted octanol–water partition coefficient (Wildman–Crippen LogP) is 1.63. The molecule has 1 aliphatic heterocycles. The quantitative estimate of drug-likeness (QED) is 0.833. The number of hydrogen-bond acceptors (Lipinski definition) is 4. The van der Waals surface area contributed by atoms with Crippen LogP contribution in [0.4, 0.5) is 5.69 Å². The molecule has 0 radical (unpaired) electrons. The summed E-state index contributed by atoms with van der Waals surface area (Å²) in [5.74, 6) is 0.0323. The Morgan fingerprint density at radius 3 is 2.38 bits per heavy atom. The number of carbonyl (C=O) groups is 3. The Kier molecular flexibility index (Phi) is 6.09. The molecule has 0 aliphatic carbocycles. The summed E-state index contributed by atoms with van der Waals surface area (Å²) in [7, 11) is 0. The first-order valence-electron chi connectivity index (χ1n) is 8.29. The molecule has 6 nitrogen and oxygen atoms in total. The van der Waals surface area contributed by atoms with Crippen LogP contribution in [0.3, 0.4) is 0 Å². The van der Waals surface area contributed by atoms with Crippen LogP contribution in [-0.4, -0.2) is 60.1 Å². The fourth-order valence-electron chi connectivity index (χ4n) is 2.71. The fraction of sp³-hybridized carbons (Fsp3) is 0.500. The predicted molar refractivity (Wildman–Crippen MR) is 92.9 cm³/mol. The van der Waals surface area contributed by atoms with Gasteiger partial charge < -0.3 is 10.2 Å². The van der Waals surface area contributed by atoms with Crippen LogP contribution in [0.2, 0.25) is 0 Å². The summed E-state index contributed by atoms with van der Waals surface area (Å²) in [5.41, 5.74) is 1.20. The second-order valence-corrected chi connectivity index (χ2v) is 6.44. The van der Waals surface area contributed by atoms with Crippen molar-refractivity contribution in [2.75, 3.05) is 38.0 Å². The van der Waals surface area contributed by atoms with Crippen LogP contribution in [0.5, 0.6) is 0 Å². The van der Waals surface area contributed by atoms with E-state index in [-0.39, 0.29) is 30.1 Å². The van der Waals surface area contributed by atoms with Crippen molar-refractivity contribution in [1.29, 1.82) is 0 Å². The lowest BCUT2D eigenvalue weighted by atomic mass is 10.1. The van der Waals surface area contributed by atoms with Gasteiger partial charge in [0.15, 0.2) is 5.78 Å². The molecular formula is C18H25N3O3. The SMILES string of the molecule is CC(=O)c1cccc(NC(=O)CN2CCN(C(=O)C(C)C)CC2)c1. The third-order valence-electron chi connectivity index (χ3n) is 4.10. The number of Topliss-reactive ketones (excluding diaryl/α,β-unsaturated/α-hetero) is 1. The Morgan fingerprint density at radius 1 is 1.12 bits per heavy atom. The number of carbonyl (C=O) groups excluding carboxylic acids is 3. The molecule has 0 spiro atoms. The second-order valence-electron chi connectivity index (χ2n) is 6.44. The Labute approximate surface area is 142 Å². The molecule has 130 valence electrons. The Morgan fingerprint density at radius 2 is 1.79 bits per heavy atom. The normalized spacial score (nSPS) is 15.4. The van der Waals surface area contributed by atoms with Crippen LogP contribution in [0, 0.1) is 5.92 Å². The van der Waals surface area contributed by atoms with E-state index in [9.17, 15) is 14.4 Å². The zero-order chi connectivity index (χ0) is 17.7. The van der Waals surface area contributed by atoms with Gasteiger partial charge in [-0.1, -0.05) is 26.0 Å². The molecule has 0 saturated carbocycles. The topological polar surface area (TPSA) is 69.7 Å². The minimum absolute atomic E-state index is 0.00778. The summed E-state index contributed by atoms with van der Waals surface area (Å²) in [6.45, 7) is 8.29. The van der Waals surface area contributed by atoms with Crippen LogP contribution in [0.15, 0.2) is 24.3 Å². The minimum Gasteiger partial charge on any atom is -0.340 e. The van der Waals surface area contributed by atoms with Crippen molar-refractivity contribution in [2.45, 2.75) is 20.8 Å². The van der Waals surface area contributed by atoms with Crippen molar-refractivity contribution >= 4 is 23.3 Å². The number of nitrogens with one attached hydrogen (secondary N) is 1. The summed E-state index contributed by atoms with van der Waals surface area (Å²) in [6, 6.07) is 6.93. The van der Waals surface area contributed by atoms with E-state index in [1.54, 1.807) is 24.3 Å². The zero-order valence-electron chi connectivity index (χ0n) is 14.5. The molecule has 1 fully saturated rings. The molecule has 0 atom stereocenters. The minimum atomic E-state index is -0.112. The molecular weight excluding hydrogens is 306 g/mol. The van der Waals surface area contributed by atoms with Crippen LogP contribution in [-0.2, 0) is 9.59 Å². The van der Waals surface area contributed by atoms with Gasteiger partial charge in [0.2, 0.25) is 11.8 Å². The number of anilines is 1. The lowest BCUT2D eigenvalue weighted by Crippen LogP contribution is -2.51. The first-order chi connectivity index (χ1) is 11.4. The highest BCUT2D eigenvalue weighted by Gasteiger charge is 2.23. The van der Waals surface area contributed by atoms with E-state index in [1.165, 1.54) is 6.92 Å². The van der Waals surface area contributed by atoms with E-state index in [2.05, 4.69) is 5.32 Å². The molecule has 6 heteroatoms. The Balaban J connectivity index is 1.83. The summed E-state index contributed by atoms with van der Waals surface area (Å²) >= 11 is 0. The summed E-state index contributed by atoms with van der Waals surface area (Å²) in [4.78, 5) is 39.4. The maximum absolute atomic E-state index is 12.2. The van der Waals surface area contributed by atoms with Crippen LogP contribution >= 0.6 is 0 Å². The van der Waals surface area contributed by atoms with Gasteiger partial charge in [-0.25, -0.2) is 0 Å². The van der Waals surface area contributed by atoms with Crippen LogP contribution in [0.1, 0.15) is 31.1 Å². The first kappa shape index (κ1) is 18.1. The number of ketones is 1. The highest BCUT2D eigenvalue weighted by atomic mass is 16.2. The van der Waals surface area contributed by atoms with Gasteiger partial charge in [-0.3, -0.25) is 19.3 Å². The molecule has 24 heavy (non-hydrogen) atoms. The van der Waals surface area contributed by atoms with Crippen molar-refractivity contribution in [3.63, 3.8) is 0 Å². The van der Waals surface area contributed by atoms with Gasteiger partial charge in [-0.2, -0.15) is 0 Å². The first-order valence-corrected chi connectivity index (χ1v) is 8.29. The van der Waals surface area contributed by atoms with Crippen molar-refractivity contribution < 1.29 is 14.4 Å². The zero-order valence-corrected chi connectivity index (χ0v) is 14.5. The third-order valence-corrected chi connectivity index (χ3v) is 4.10. The summed E-state index contributed by atoms with van der Waals surface area (Å²) in [5, 5.41) is 2.82. The Hall–Kier alpha value is -2.21. The Bertz CT molecular complexity index is 620. The van der Waals surface area contributed by atoms with Crippen LogP contribution in [0.25, 0.3) is 0 Å². The number of rotatable bonds is 5. The fourth-order valence-corrected chi connectivity index (χ4v) is 2.71. The average Bonchev–Trinajstić information content (AvgIpc) is 2.55. The maximum atomic E-state index is 12.2. The summed E-state index contributed by atoms with van der Waals surface area (Å²) < 4.78 is 0. The molecule has 1 heterocycles. The van der Waals surface area contributed by atoms with Crippen molar-refractivity contribution in [3.8, 4) is 0 Å². The van der Waals surface area contributed by atoms with Crippen molar-refractivity contribution in [2.24, 2.45) is 5.92 Å². The lowest BCUT2D eigenvalue weighted by molar-refractivity contribution is -0.136. The number of benzene rings is 1. The number of amides is 2. The number of piperazine rings is 1. The van der Waals surface area contributed by atoms with E-state index < -0.39 is 0 Å². The van der Waals surface area contributed by atoms with Crippen LogP contribution < -0.4 is 5.32 Å². The van der Waals surface area contributed by atoms with Crippen molar-refractivity contribution in [1.82, 2.24) is 9.80 Å². The lowest BCUT2D eigenvalue weighted by Gasteiger charge is -2.35. The maximum Gasteiger partial charge on any atom is 0.238 e. The molecule has 0 bridgehead atoms. The van der Waals surface area contributed by atoms with Gasteiger partial charge in [0.1, 0.15) is 0 Å². The molecule has 1 N–H and O–H groups in total. The highest BCUT2D eigenvalue weighted by Crippen LogP contribution is 2.12. The van der Waals surface area contributed by atoms with E-state index in [0.29, 0.717) is 37.4 Å². The molecule has 1 saturated heterocycles. The second kappa shape index (κ2) is 8.06. The van der Waals surface area contributed by atoms with Gasteiger partial charge in [-0.05, 0) is 19.1 Å². The van der Waals surface area contributed by atoms with E-state index in [1.807, 2.05) is 23.6 Å². The monoisotopic (exact) mass is 331 g/mol. The average molecular weight is 331 g/mol. The molecule has 0 aromatic heterocycles. The number of hydrogen-bond donors (Lipinski definition) is 1. The van der Waals surface area contributed by atoms with Gasteiger partial charge in [0.05, 0.1) is 6.54 Å². The molecule has 0 unspecified atom stereocenters. The standard InChI is InChI=1S/C18H25N3O3/c1-13(2)18(24)21-9-7-20(8-10-21)12-17(23)19-16-6-4-5-15(11-16)14(3)22/h4-6,11,13H,7-10,12H2,1-3H3,(H,19,23). The van der Waals surface area contributed by atoms with E-state index in [4.69, 9.17) is 0 Å². The van der Waals surface area contributed by atoms with Crippen molar-refractivity contribution in [3.05, 3.63) is 29.8 Å². The third kappa shape index (κ3) is 4.89. The van der Waals surface area contributed by atoms with E-state index in [0.717, 1.165) is 0 Å². The largest absolute Gasteiger partial charge is 0.340 e. The van der Waals surface area contributed by atoms with Gasteiger partial charge in [-0.15, -0.1) is 0 Å². The molecule has 1 aromatic carbocycles. The van der Waals surface area contributed by atoms with Gasteiger partial charge >= 0.3 is 0 Å². The van der Waals surface area contributed by atoms with Gasteiger partial charge in [0, 0.05) is 43.3 Å². The molecule has 2 amide bonds. The molecule has 1 aliphatic rings. The highest BCUT2D eigenvalue weighted by molar-refractivity contribution is 5.97. The molecule has 2 rings (SSSR count). The molecule has 1 aromatic rings. The smallest absolute Gasteiger partial charge is 0.238 e. The van der Waals surface area contributed by atoms with E-state index >= 15 is 0 Å². The van der Waals surface area contributed by atoms with Gasteiger partial charge in [0.25, 0.3) is 0 Å².